The highest BCUT2D eigenvalue weighted by Gasteiger charge is 2.06. The van der Waals surface area contributed by atoms with Gasteiger partial charge in [0.05, 0.1) is 12.0 Å². The fourth-order valence-electron chi connectivity index (χ4n) is 1.88. The largest absolute Gasteiger partial charge is 0.383 e. The van der Waals surface area contributed by atoms with Crippen LogP contribution >= 0.6 is 22.9 Å². The van der Waals surface area contributed by atoms with Gasteiger partial charge in [-0.2, -0.15) is 0 Å². The van der Waals surface area contributed by atoms with Crippen molar-refractivity contribution in [1.29, 1.82) is 0 Å². The van der Waals surface area contributed by atoms with Gasteiger partial charge in [-0.15, -0.1) is 11.3 Å². The van der Waals surface area contributed by atoms with Crippen LogP contribution in [0.1, 0.15) is 11.4 Å². The number of thiophene rings is 1. The third kappa shape index (κ3) is 2.90. The van der Waals surface area contributed by atoms with E-state index < -0.39 is 0 Å². The maximum atomic E-state index is 5.92. The number of nitrogens with two attached hydrogens (primary N) is 1. The first-order valence-electron chi connectivity index (χ1n) is 6.04. The number of aromatic nitrogens is 2. The fraction of sp³-hybridized carbons (Fsp3) is 0.143. The molecule has 102 valence electrons. The molecule has 0 atom stereocenters. The first kappa shape index (κ1) is 13.3. The Morgan fingerprint density at radius 2 is 2.10 bits per heavy atom. The first-order chi connectivity index (χ1) is 9.72. The SMILES string of the molecule is Nc1nc(COCc2cccc(Cl)c2)nc2sccc12. The van der Waals surface area contributed by atoms with Gasteiger partial charge in [0.25, 0.3) is 0 Å². The second kappa shape index (κ2) is 5.75. The van der Waals surface area contributed by atoms with Crippen LogP contribution in [-0.2, 0) is 18.0 Å². The molecule has 2 heterocycles. The lowest BCUT2D eigenvalue weighted by atomic mass is 10.2. The van der Waals surface area contributed by atoms with Crippen LogP contribution in [0.3, 0.4) is 0 Å². The van der Waals surface area contributed by atoms with Crippen LogP contribution in [0.5, 0.6) is 0 Å². The molecular formula is C14H12ClN3OS. The van der Waals surface area contributed by atoms with Gasteiger partial charge in [-0.3, -0.25) is 0 Å². The number of nitrogen functional groups attached to an aromatic ring is 1. The predicted octanol–water partition coefficient (Wildman–Crippen LogP) is 3.64. The number of hydrogen-bond acceptors (Lipinski definition) is 5. The van der Waals surface area contributed by atoms with E-state index >= 15 is 0 Å². The van der Waals surface area contributed by atoms with E-state index in [0.717, 1.165) is 15.8 Å². The summed E-state index contributed by atoms with van der Waals surface area (Å²) in [4.78, 5) is 9.55. The third-order valence-electron chi connectivity index (χ3n) is 2.79. The standard InChI is InChI=1S/C14H12ClN3OS/c15-10-3-1-2-9(6-10)7-19-8-12-17-13(16)11-4-5-20-14(11)18-12/h1-6H,7-8H2,(H2,16,17,18). The number of halogens is 1. The molecule has 0 unspecified atom stereocenters. The predicted molar refractivity (Wildman–Crippen MR) is 81.8 cm³/mol. The van der Waals surface area contributed by atoms with Gasteiger partial charge in [0, 0.05) is 5.02 Å². The maximum Gasteiger partial charge on any atom is 0.158 e. The number of anilines is 1. The average Bonchev–Trinajstić information content (AvgIpc) is 2.88. The van der Waals surface area contributed by atoms with E-state index in [0.29, 0.717) is 29.9 Å². The van der Waals surface area contributed by atoms with E-state index in [4.69, 9.17) is 22.1 Å². The highest BCUT2D eigenvalue weighted by atomic mass is 35.5. The molecule has 2 N–H and O–H groups in total. The lowest BCUT2D eigenvalue weighted by Gasteiger charge is -2.05. The first-order valence-corrected chi connectivity index (χ1v) is 7.30. The van der Waals surface area contributed by atoms with Crippen LogP contribution < -0.4 is 5.73 Å². The van der Waals surface area contributed by atoms with Crippen LogP contribution in [-0.4, -0.2) is 9.97 Å². The maximum absolute atomic E-state index is 5.92. The molecule has 3 rings (SSSR count). The molecule has 0 radical (unpaired) electrons. The zero-order valence-electron chi connectivity index (χ0n) is 10.5. The molecule has 0 amide bonds. The zero-order chi connectivity index (χ0) is 13.9. The van der Waals surface area contributed by atoms with Gasteiger partial charge in [-0.1, -0.05) is 23.7 Å². The Morgan fingerprint density at radius 1 is 1.20 bits per heavy atom. The Kier molecular flexibility index (Phi) is 3.82. The summed E-state index contributed by atoms with van der Waals surface area (Å²) in [5.41, 5.74) is 6.90. The summed E-state index contributed by atoms with van der Waals surface area (Å²) in [6.07, 6.45) is 0. The lowest BCUT2D eigenvalue weighted by molar-refractivity contribution is 0.102. The molecule has 0 fully saturated rings. The van der Waals surface area contributed by atoms with Crippen molar-refractivity contribution >= 4 is 39.0 Å². The molecule has 3 aromatic rings. The van der Waals surface area contributed by atoms with Gasteiger partial charge in [-0.25, -0.2) is 9.97 Å². The summed E-state index contributed by atoms with van der Waals surface area (Å²) < 4.78 is 5.61. The molecule has 0 spiro atoms. The van der Waals surface area contributed by atoms with Crippen molar-refractivity contribution in [3.63, 3.8) is 0 Å². The molecule has 0 aliphatic heterocycles. The normalized spacial score (nSPS) is 11.1. The van der Waals surface area contributed by atoms with Crippen molar-refractivity contribution in [3.05, 3.63) is 52.1 Å². The number of rotatable bonds is 4. The van der Waals surface area contributed by atoms with Crippen molar-refractivity contribution < 1.29 is 4.74 Å². The van der Waals surface area contributed by atoms with E-state index in [1.54, 1.807) is 11.3 Å². The van der Waals surface area contributed by atoms with Gasteiger partial charge in [0.15, 0.2) is 5.82 Å². The summed E-state index contributed by atoms with van der Waals surface area (Å²) in [6, 6.07) is 9.49. The van der Waals surface area contributed by atoms with E-state index in [1.807, 2.05) is 35.7 Å². The van der Waals surface area contributed by atoms with Crippen molar-refractivity contribution in [1.82, 2.24) is 9.97 Å². The lowest BCUT2D eigenvalue weighted by Crippen LogP contribution is -2.02. The topological polar surface area (TPSA) is 61.0 Å². The van der Waals surface area contributed by atoms with E-state index in [1.165, 1.54) is 0 Å². The zero-order valence-corrected chi connectivity index (χ0v) is 12.1. The molecule has 1 aromatic carbocycles. The smallest absolute Gasteiger partial charge is 0.158 e. The fourth-order valence-corrected chi connectivity index (χ4v) is 2.88. The van der Waals surface area contributed by atoms with Gasteiger partial charge in [-0.05, 0) is 29.1 Å². The highest BCUT2D eigenvalue weighted by Crippen LogP contribution is 2.23. The Morgan fingerprint density at radius 3 is 2.95 bits per heavy atom. The highest BCUT2D eigenvalue weighted by molar-refractivity contribution is 7.16. The van der Waals surface area contributed by atoms with Crippen LogP contribution in [0, 0.1) is 0 Å². The second-order valence-corrected chi connectivity index (χ2v) is 5.62. The molecular weight excluding hydrogens is 294 g/mol. The molecule has 0 saturated heterocycles. The number of hydrogen-bond donors (Lipinski definition) is 1. The second-order valence-electron chi connectivity index (χ2n) is 4.29. The van der Waals surface area contributed by atoms with Crippen molar-refractivity contribution in [2.24, 2.45) is 0 Å². The number of benzene rings is 1. The Hall–Kier alpha value is -1.69. The van der Waals surface area contributed by atoms with E-state index in [-0.39, 0.29) is 0 Å². The van der Waals surface area contributed by atoms with Crippen LogP contribution in [0.15, 0.2) is 35.7 Å². The third-order valence-corrected chi connectivity index (χ3v) is 3.83. The van der Waals surface area contributed by atoms with Crippen LogP contribution in [0.25, 0.3) is 10.2 Å². The van der Waals surface area contributed by atoms with Gasteiger partial charge in [0.2, 0.25) is 0 Å². The molecule has 0 aliphatic rings. The van der Waals surface area contributed by atoms with Crippen LogP contribution in [0.2, 0.25) is 5.02 Å². The molecule has 0 saturated carbocycles. The molecule has 2 aromatic heterocycles. The van der Waals surface area contributed by atoms with Crippen molar-refractivity contribution in [2.45, 2.75) is 13.2 Å². The minimum absolute atomic E-state index is 0.324. The Bertz CT molecular complexity index is 744. The summed E-state index contributed by atoms with van der Waals surface area (Å²) in [7, 11) is 0. The van der Waals surface area contributed by atoms with E-state index in [9.17, 15) is 0 Å². The minimum atomic E-state index is 0.324. The summed E-state index contributed by atoms with van der Waals surface area (Å²) in [5, 5.41) is 3.55. The van der Waals surface area contributed by atoms with Crippen molar-refractivity contribution in [2.75, 3.05) is 5.73 Å². The average molecular weight is 306 g/mol. The molecule has 0 aliphatic carbocycles. The Labute approximate surface area is 125 Å². The quantitative estimate of drug-likeness (QED) is 0.799. The van der Waals surface area contributed by atoms with E-state index in [2.05, 4.69) is 9.97 Å². The molecule has 4 nitrogen and oxygen atoms in total. The number of nitrogens with zero attached hydrogens (tertiary/aromatic N) is 2. The van der Waals surface area contributed by atoms with Crippen molar-refractivity contribution in [3.8, 4) is 0 Å². The Balaban J connectivity index is 1.68. The van der Waals surface area contributed by atoms with Gasteiger partial charge < -0.3 is 10.5 Å². The summed E-state index contributed by atoms with van der Waals surface area (Å²) in [6.45, 7) is 0.789. The van der Waals surface area contributed by atoms with Gasteiger partial charge in [0.1, 0.15) is 17.3 Å². The molecule has 20 heavy (non-hydrogen) atoms. The monoisotopic (exact) mass is 305 g/mol. The van der Waals surface area contributed by atoms with Crippen LogP contribution in [0.4, 0.5) is 5.82 Å². The summed E-state index contributed by atoms with van der Waals surface area (Å²) in [5.74, 6) is 1.09. The molecule has 0 bridgehead atoms. The summed E-state index contributed by atoms with van der Waals surface area (Å²) >= 11 is 7.46. The van der Waals surface area contributed by atoms with Gasteiger partial charge >= 0.3 is 0 Å². The minimum Gasteiger partial charge on any atom is -0.383 e. The number of fused-ring (bicyclic) bond motifs is 1. The molecule has 6 heteroatoms. The number of ether oxygens (including phenoxy) is 1.